The standard InChI is InChI=1S/C21H27FN2O4S/c22-19-10-12-20(13-11-19)29(27,28)24-15-3-5-17(4-1-7-21(25)26)8-9-18-6-2-14-23-16-18/h2,6,10-14,16-17,24H,1,3-5,7-9,15H2,(H,25,26). The lowest BCUT2D eigenvalue weighted by atomic mass is 9.91. The molecular weight excluding hydrogens is 395 g/mol. The van der Waals surface area contributed by atoms with E-state index in [2.05, 4.69) is 9.71 Å². The molecule has 2 rings (SSSR count). The highest BCUT2D eigenvalue weighted by molar-refractivity contribution is 7.89. The van der Waals surface area contributed by atoms with Crippen molar-refractivity contribution in [3.8, 4) is 0 Å². The zero-order valence-electron chi connectivity index (χ0n) is 16.3. The number of sulfonamides is 1. The van der Waals surface area contributed by atoms with Crippen LogP contribution in [0.1, 0.15) is 44.1 Å². The summed E-state index contributed by atoms with van der Waals surface area (Å²) in [5, 5.41) is 8.85. The van der Waals surface area contributed by atoms with Gasteiger partial charge in [-0.05, 0) is 80.3 Å². The summed E-state index contributed by atoms with van der Waals surface area (Å²) in [7, 11) is -3.66. The summed E-state index contributed by atoms with van der Waals surface area (Å²) in [6.07, 6.45) is 8.28. The number of pyridine rings is 1. The SMILES string of the molecule is O=C(O)CCCC(CCCNS(=O)(=O)c1ccc(F)cc1)CCc1cccnc1. The van der Waals surface area contributed by atoms with Gasteiger partial charge in [0, 0.05) is 25.4 Å². The van der Waals surface area contributed by atoms with Gasteiger partial charge < -0.3 is 5.11 Å². The summed E-state index contributed by atoms with van der Waals surface area (Å²) >= 11 is 0. The highest BCUT2D eigenvalue weighted by atomic mass is 32.2. The molecule has 0 fully saturated rings. The minimum absolute atomic E-state index is 0.0356. The largest absolute Gasteiger partial charge is 0.481 e. The summed E-state index contributed by atoms with van der Waals surface area (Å²) in [6.45, 7) is 0.280. The molecule has 1 unspecified atom stereocenters. The van der Waals surface area contributed by atoms with Gasteiger partial charge in [-0.15, -0.1) is 0 Å². The maximum absolute atomic E-state index is 13.0. The molecule has 0 aliphatic heterocycles. The average molecular weight is 423 g/mol. The van der Waals surface area contributed by atoms with Crippen molar-refractivity contribution in [1.29, 1.82) is 0 Å². The topological polar surface area (TPSA) is 96.4 Å². The normalized spacial score (nSPS) is 12.6. The lowest BCUT2D eigenvalue weighted by molar-refractivity contribution is -0.137. The number of nitrogens with one attached hydrogen (secondary N) is 1. The average Bonchev–Trinajstić information content (AvgIpc) is 2.69. The number of aromatic nitrogens is 1. The van der Waals surface area contributed by atoms with Crippen LogP contribution in [0.2, 0.25) is 0 Å². The molecule has 2 aromatic rings. The number of benzene rings is 1. The fraction of sp³-hybridized carbons (Fsp3) is 0.429. The molecule has 1 heterocycles. The molecule has 1 aromatic heterocycles. The number of nitrogens with zero attached hydrogens (tertiary/aromatic N) is 1. The van der Waals surface area contributed by atoms with Crippen molar-refractivity contribution in [2.75, 3.05) is 6.54 Å². The predicted molar refractivity (Wildman–Crippen MR) is 108 cm³/mol. The van der Waals surface area contributed by atoms with Crippen molar-refractivity contribution in [2.45, 2.75) is 49.8 Å². The van der Waals surface area contributed by atoms with Crippen LogP contribution < -0.4 is 4.72 Å². The molecule has 0 radical (unpaired) electrons. The molecule has 0 amide bonds. The molecule has 1 aromatic carbocycles. The number of carbonyl (C=O) groups is 1. The van der Waals surface area contributed by atoms with Gasteiger partial charge in [0.05, 0.1) is 4.90 Å². The molecule has 1 atom stereocenters. The van der Waals surface area contributed by atoms with Crippen molar-refractivity contribution < 1.29 is 22.7 Å². The van der Waals surface area contributed by atoms with Crippen molar-refractivity contribution in [3.05, 3.63) is 60.2 Å². The Morgan fingerprint density at radius 2 is 1.83 bits per heavy atom. The number of halogens is 1. The Morgan fingerprint density at radius 3 is 2.48 bits per heavy atom. The summed E-state index contributed by atoms with van der Waals surface area (Å²) < 4.78 is 40.0. The third-order valence-corrected chi connectivity index (χ3v) is 6.25. The molecule has 0 spiro atoms. The molecule has 8 heteroatoms. The summed E-state index contributed by atoms with van der Waals surface area (Å²) in [5.74, 6) is -0.977. The van der Waals surface area contributed by atoms with Crippen molar-refractivity contribution in [1.82, 2.24) is 9.71 Å². The molecule has 6 nitrogen and oxygen atoms in total. The van der Waals surface area contributed by atoms with Crippen LogP contribution >= 0.6 is 0 Å². The Hall–Kier alpha value is -2.32. The van der Waals surface area contributed by atoms with Gasteiger partial charge in [-0.1, -0.05) is 6.07 Å². The Kier molecular flexibility index (Phi) is 9.21. The van der Waals surface area contributed by atoms with Gasteiger partial charge in [0.1, 0.15) is 5.82 Å². The molecule has 0 aliphatic rings. The van der Waals surface area contributed by atoms with Crippen LogP contribution in [0.25, 0.3) is 0 Å². The molecule has 158 valence electrons. The minimum Gasteiger partial charge on any atom is -0.481 e. The third kappa shape index (κ3) is 8.70. The van der Waals surface area contributed by atoms with E-state index < -0.39 is 21.8 Å². The number of hydrogen-bond donors (Lipinski definition) is 2. The molecule has 0 aliphatic carbocycles. The molecule has 0 saturated heterocycles. The number of rotatable bonds is 13. The van der Waals surface area contributed by atoms with Gasteiger partial charge in [-0.2, -0.15) is 0 Å². The first-order chi connectivity index (χ1) is 13.9. The second kappa shape index (κ2) is 11.6. The fourth-order valence-corrected chi connectivity index (χ4v) is 4.26. The molecule has 29 heavy (non-hydrogen) atoms. The van der Waals surface area contributed by atoms with Crippen LogP contribution in [0.4, 0.5) is 4.39 Å². The van der Waals surface area contributed by atoms with Crippen molar-refractivity contribution in [2.24, 2.45) is 5.92 Å². The molecule has 2 N–H and O–H groups in total. The van der Waals surface area contributed by atoms with Gasteiger partial charge in [-0.25, -0.2) is 17.5 Å². The van der Waals surface area contributed by atoms with Gasteiger partial charge in [0.2, 0.25) is 10.0 Å². The van der Waals surface area contributed by atoms with Crippen molar-refractivity contribution >= 4 is 16.0 Å². The van der Waals surface area contributed by atoms with Crippen LogP contribution in [0.3, 0.4) is 0 Å². The first kappa shape index (κ1) is 23.0. The second-order valence-corrected chi connectivity index (χ2v) is 8.81. The van der Waals surface area contributed by atoms with Crippen LogP contribution in [0.15, 0.2) is 53.7 Å². The van der Waals surface area contributed by atoms with Crippen molar-refractivity contribution in [3.63, 3.8) is 0 Å². The molecule has 0 bridgehead atoms. The minimum atomic E-state index is -3.66. The highest BCUT2D eigenvalue weighted by Gasteiger charge is 2.15. The van der Waals surface area contributed by atoms with Gasteiger partial charge in [0.15, 0.2) is 0 Å². The van der Waals surface area contributed by atoms with E-state index in [1.807, 2.05) is 18.3 Å². The van der Waals surface area contributed by atoms with Gasteiger partial charge in [0.25, 0.3) is 0 Å². The Morgan fingerprint density at radius 1 is 1.10 bits per heavy atom. The summed E-state index contributed by atoms with van der Waals surface area (Å²) in [4.78, 5) is 14.9. The van der Waals surface area contributed by atoms with Crippen LogP contribution in [-0.2, 0) is 21.2 Å². The van der Waals surface area contributed by atoms with E-state index >= 15 is 0 Å². The van der Waals surface area contributed by atoms with Gasteiger partial charge >= 0.3 is 5.97 Å². The lowest BCUT2D eigenvalue weighted by Crippen LogP contribution is -2.25. The lowest BCUT2D eigenvalue weighted by Gasteiger charge is -2.17. The maximum Gasteiger partial charge on any atom is 0.303 e. The number of hydrogen-bond acceptors (Lipinski definition) is 4. The Bertz CT molecular complexity index is 858. The first-order valence-corrected chi connectivity index (χ1v) is 11.2. The number of carboxylic acid groups (broad SMARTS) is 1. The van der Waals surface area contributed by atoms with E-state index in [-0.39, 0.29) is 17.9 Å². The molecular formula is C21H27FN2O4S. The van der Waals surface area contributed by atoms with E-state index in [1.165, 1.54) is 12.1 Å². The van der Waals surface area contributed by atoms with E-state index in [4.69, 9.17) is 5.11 Å². The van der Waals surface area contributed by atoms with Crippen LogP contribution in [0.5, 0.6) is 0 Å². The second-order valence-electron chi connectivity index (χ2n) is 7.05. The van der Waals surface area contributed by atoms with E-state index in [0.717, 1.165) is 43.4 Å². The van der Waals surface area contributed by atoms with E-state index in [1.54, 1.807) is 6.20 Å². The fourth-order valence-electron chi connectivity index (χ4n) is 3.19. The zero-order chi connectivity index (χ0) is 21.1. The Balaban J connectivity index is 1.82. The van der Waals surface area contributed by atoms with Crippen LogP contribution in [-0.4, -0.2) is 31.0 Å². The monoisotopic (exact) mass is 422 g/mol. The van der Waals surface area contributed by atoms with Gasteiger partial charge in [-0.3, -0.25) is 9.78 Å². The van der Waals surface area contributed by atoms with E-state index in [9.17, 15) is 17.6 Å². The quantitative estimate of drug-likeness (QED) is 0.479. The first-order valence-electron chi connectivity index (χ1n) is 9.73. The smallest absolute Gasteiger partial charge is 0.303 e. The maximum atomic E-state index is 13.0. The molecule has 0 saturated carbocycles. The van der Waals surface area contributed by atoms with E-state index in [0.29, 0.717) is 18.8 Å². The highest BCUT2D eigenvalue weighted by Crippen LogP contribution is 2.21. The summed E-state index contributed by atoms with van der Waals surface area (Å²) in [5.41, 5.74) is 1.13. The predicted octanol–water partition coefficient (Wildman–Crippen LogP) is 3.78. The zero-order valence-corrected chi connectivity index (χ0v) is 17.1. The third-order valence-electron chi connectivity index (χ3n) is 4.77. The van der Waals surface area contributed by atoms with Crippen LogP contribution in [0, 0.1) is 11.7 Å². The number of aliphatic carboxylic acids is 1. The number of carboxylic acids is 1. The summed E-state index contributed by atoms with van der Waals surface area (Å²) in [6, 6.07) is 8.61. The Labute approximate surface area is 171 Å². The number of aryl methyl sites for hydroxylation is 1.